The zero-order valence-corrected chi connectivity index (χ0v) is 28.1. The maximum Gasteiger partial charge on any atom is 0.224 e. The number of hydrogen-bond donors (Lipinski definition) is 4. The van der Waals surface area contributed by atoms with Crippen LogP contribution in [-0.2, 0) is 28.7 Å². The molecule has 1 atom stereocenters. The maximum atomic E-state index is 12.6. The van der Waals surface area contributed by atoms with Crippen molar-refractivity contribution in [2.24, 2.45) is 0 Å². The molecule has 0 radical (unpaired) electrons. The third-order valence-corrected chi connectivity index (χ3v) is 13.3. The Balaban J connectivity index is 1.61. The lowest BCUT2D eigenvalue weighted by atomic mass is 9.93. The summed E-state index contributed by atoms with van der Waals surface area (Å²) in [6, 6.07) is 13.7. The van der Waals surface area contributed by atoms with E-state index in [-0.39, 0.29) is 34.9 Å². The first-order valence-corrected chi connectivity index (χ1v) is 18.5. The molecule has 0 bridgehead atoms. The van der Waals surface area contributed by atoms with E-state index in [1.165, 1.54) is 31.5 Å². The van der Waals surface area contributed by atoms with Gasteiger partial charge in [0.2, 0.25) is 5.91 Å². The van der Waals surface area contributed by atoms with E-state index in [1.54, 1.807) is 6.07 Å². The predicted molar refractivity (Wildman–Crippen MR) is 174 cm³/mol. The average Bonchev–Trinajstić information content (AvgIpc) is 3.42. The minimum atomic E-state index is -2.11. The average molecular weight is 598 g/mol. The molecule has 2 aromatic carbocycles. The summed E-state index contributed by atoms with van der Waals surface area (Å²) in [6.07, 6.45) is 4.55. The summed E-state index contributed by atoms with van der Waals surface area (Å²) in [4.78, 5) is 15.1. The molecule has 4 N–H and O–H groups in total. The van der Waals surface area contributed by atoms with Crippen LogP contribution in [0.1, 0.15) is 82.2 Å². The number of carbonyl (C=O) groups is 1. The molecule has 0 unspecified atom stereocenters. The van der Waals surface area contributed by atoms with Gasteiger partial charge in [-0.15, -0.1) is 0 Å². The summed E-state index contributed by atoms with van der Waals surface area (Å²) in [6.45, 7) is 20.1. The fraction of sp³-hybridized carbons (Fsp3) is 0.618. The highest BCUT2D eigenvalue weighted by molar-refractivity contribution is 6.74. The Morgan fingerprint density at radius 2 is 1.74 bits per heavy atom. The van der Waals surface area contributed by atoms with Crippen molar-refractivity contribution in [1.82, 2.24) is 15.5 Å². The van der Waals surface area contributed by atoms with Crippen LogP contribution in [0, 0.1) is 0 Å². The molecular formula is C34H55N3O4Si. The minimum absolute atomic E-state index is 0.0398. The molecule has 1 aliphatic heterocycles. The first-order chi connectivity index (χ1) is 19.7. The second kappa shape index (κ2) is 15.0. The number of aliphatic hydroxyl groups excluding tert-OH is 1. The highest BCUT2D eigenvalue weighted by Crippen LogP contribution is 2.40. The summed E-state index contributed by atoms with van der Waals surface area (Å²) >= 11 is 0. The van der Waals surface area contributed by atoms with Crippen LogP contribution in [0.3, 0.4) is 0 Å². The summed E-state index contributed by atoms with van der Waals surface area (Å²) in [5, 5.41) is 26.8. The van der Waals surface area contributed by atoms with Crippen molar-refractivity contribution < 1.29 is 19.4 Å². The van der Waals surface area contributed by atoms with E-state index >= 15 is 0 Å². The quantitative estimate of drug-likeness (QED) is 0.155. The maximum absolute atomic E-state index is 12.6. The molecule has 7 nitrogen and oxygen atoms in total. The zero-order valence-electron chi connectivity index (χ0n) is 27.1. The van der Waals surface area contributed by atoms with E-state index in [9.17, 15) is 15.0 Å². The van der Waals surface area contributed by atoms with Gasteiger partial charge in [0.05, 0.1) is 19.1 Å². The number of phenols is 1. The van der Waals surface area contributed by atoms with Crippen LogP contribution in [0.2, 0.25) is 18.1 Å². The lowest BCUT2D eigenvalue weighted by Crippen LogP contribution is -2.47. The van der Waals surface area contributed by atoms with Crippen molar-refractivity contribution in [1.29, 1.82) is 0 Å². The van der Waals surface area contributed by atoms with Gasteiger partial charge in [-0.25, -0.2) is 0 Å². The molecule has 8 heteroatoms. The normalized spacial score (nSPS) is 15.6. The van der Waals surface area contributed by atoms with Gasteiger partial charge in [0.1, 0.15) is 5.75 Å². The third-order valence-electron chi connectivity index (χ3n) is 8.83. The summed E-state index contributed by atoms with van der Waals surface area (Å²) in [5.74, 6) is 0.170. The van der Waals surface area contributed by atoms with Crippen molar-refractivity contribution in [2.45, 2.75) is 103 Å². The first kappa shape index (κ1) is 34.3. The predicted octanol–water partition coefficient (Wildman–Crippen LogP) is 5.70. The third kappa shape index (κ3) is 10.5. The van der Waals surface area contributed by atoms with Crippen LogP contribution >= 0.6 is 0 Å². The van der Waals surface area contributed by atoms with Crippen LogP contribution in [0.25, 0.3) is 0 Å². The molecule has 2 aromatic rings. The molecule has 1 aliphatic rings. The van der Waals surface area contributed by atoms with Gasteiger partial charge in [-0.2, -0.15) is 0 Å². The standard InChI is InChI=1S/C34H55N3O4Si/c1-33(2,3)42(6,7)41-31(28-14-15-30(39)29(22-28)25-38)24-36-34(4,5)23-27-13-10-12-26(20-27)21-32(40)35-16-11-19-37-17-8-9-18-37/h10,12-15,20,22,31,36,38-39H,8-9,11,16-19,21,23-25H2,1-7H3,(H,35,40)/t31-/m1/s1. The summed E-state index contributed by atoms with van der Waals surface area (Å²) < 4.78 is 6.87. The van der Waals surface area contributed by atoms with Gasteiger partial charge in [-0.3, -0.25) is 4.79 Å². The van der Waals surface area contributed by atoms with Crippen molar-refractivity contribution in [3.05, 3.63) is 64.7 Å². The van der Waals surface area contributed by atoms with E-state index in [0.717, 1.165) is 37.1 Å². The van der Waals surface area contributed by atoms with Crippen molar-refractivity contribution >= 4 is 14.2 Å². The molecule has 3 rings (SSSR count). The number of aromatic hydroxyl groups is 1. The molecule has 0 aliphatic carbocycles. The lowest BCUT2D eigenvalue weighted by Gasteiger charge is -2.40. The smallest absolute Gasteiger partial charge is 0.224 e. The second-order valence-corrected chi connectivity index (χ2v) is 18.9. The Morgan fingerprint density at radius 1 is 1.05 bits per heavy atom. The molecule has 234 valence electrons. The Bertz CT molecular complexity index is 1160. The van der Waals surface area contributed by atoms with E-state index in [4.69, 9.17) is 4.43 Å². The van der Waals surface area contributed by atoms with Gasteiger partial charge in [0.25, 0.3) is 0 Å². The molecule has 1 heterocycles. The number of nitrogens with one attached hydrogen (secondary N) is 2. The molecule has 0 saturated carbocycles. The highest BCUT2D eigenvalue weighted by atomic mass is 28.4. The number of amides is 1. The van der Waals surface area contributed by atoms with Gasteiger partial charge in [0.15, 0.2) is 8.32 Å². The molecular weight excluding hydrogens is 542 g/mol. The number of nitrogens with zero attached hydrogens (tertiary/aromatic N) is 1. The molecule has 42 heavy (non-hydrogen) atoms. The second-order valence-electron chi connectivity index (χ2n) is 14.1. The van der Waals surface area contributed by atoms with Crippen LogP contribution in [-0.4, -0.2) is 67.6 Å². The number of hydrogen-bond acceptors (Lipinski definition) is 6. The Labute approximate surface area is 255 Å². The highest BCUT2D eigenvalue weighted by Gasteiger charge is 2.39. The fourth-order valence-electron chi connectivity index (χ4n) is 5.27. The first-order valence-electron chi connectivity index (χ1n) is 15.6. The van der Waals surface area contributed by atoms with E-state index in [1.807, 2.05) is 24.3 Å². The number of carbonyl (C=O) groups excluding carboxylic acids is 1. The van der Waals surface area contributed by atoms with Crippen LogP contribution < -0.4 is 10.6 Å². The number of benzene rings is 2. The van der Waals surface area contributed by atoms with E-state index in [0.29, 0.717) is 18.5 Å². The molecule has 1 fully saturated rings. The van der Waals surface area contributed by atoms with Gasteiger partial charge < -0.3 is 30.2 Å². The van der Waals surface area contributed by atoms with Crippen LogP contribution in [0.4, 0.5) is 0 Å². The van der Waals surface area contributed by atoms with E-state index < -0.39 is 8.32 Å². The van der Waals surface area contributed by atoms with Gasteiger partial charge in [0, 0.05) is 24.2 Å². The molecule has 0 spiro atoms. The number of rotatable bonds is 15. The monoisotopic (exact) mass is 597 g/mol. The van der Waals surface area contributed by atoms with Gasteiger partial charge in [-0.1, -0.05) is 51.1 Å². The van der Waals surface area contributed by atoms with Crippen molar-refractivity contribution in [3.63, 3.8) is 0 Å². The van der Waals surface area contributed by atoms with Crippen LogP contribution in [0.5, 0.6) is 5.75 Å². The zero-order chi connectivity index (χ0) is 31.0. The number of likely N-dealkylation sites (tertiary alicyclic amines) is 1. The molecule has 0 aromatic heterocycles. The Morgan fingerprint density at radius 3 is 2.40 bits per heavy atom. The summed E-state index contributed by atoms with van der Waals surface area (Å²) in [5.41, 5.74) is 3.42. The van der Waals surface area contributed by atoms with Crippen LogP contribution in [0.15, 0.2) is 42.5 Å². The van der Waals surface area contributed by atoms with E-state index in [2.05, 4.69) is 75.4 Å². The number of aliphatic hydroxyl groups is 1. The summed E-state index contributed by atoms with van der Waals surface area (Å²) in [7, 11) is -2.11. The van der Waals surface area contributed by atoms with Crippen molar-refractivity contribution in [2.75, 3.05) is 32.7 Å². The largest absolute Gasteiger partial charge is 0.508 e. The Hall–Kier alpha value is -2.23. The lowest BCUT2D eigenvalue weighted by molar-refractivity contribution is -0.120. The Kier molecular flexibility index (Phi) is 12.2. The fourth-order valence-corrected chi connectivity index (χ4v) is 6.55. The van der Waals surface area contributed by atoms with Gasteiger partial charge >= 0.3 is 0 Å². The topological polar surface area (TPSA) is 94.1 Å². The molecule has 1 saturated heterocycles. The SMILES string of the molecule is CC(C)(Cc1cccc(CC(=O)NCCCN2CCCC2)c1)NC[C@@H](O[Si](C)(C)C(C)(C)C)c1ccc(O)c(CO)c1. The van der Waals surface area contributed by atoms with Crippen molar-refractivity contribution in [3.8, 4) is 5.75 Å². The minimum Gasteiger partial charge on any atom is -0.508 e. The van der Waals surface area contributed by atoms with Gasteiger partial charge in [-0.05, 0) is 106 Å². The molecule has 1 amide bonds.